The summed E-state index contributed by atoms with van der Waals surface area (Å²) >= 11 is 9.62. The first-order valence-electron chi connectivity index (χ1n) is 7.28. The van der Waals surface area contributed by atoms with Gasteiger partial charge in [0.25, 0.3) is 5.91 Å². The predicted octanol–water partition coefficient (Wildman–Crippen LogP) is 4.28. The summed E-state index contributed by atoms with van der Waals surface area (Å²) < 4.78 is 1.07. The molecule has 0 aromatic heterocycles. The summed E-state index contributed by atoms with van der Waals surface area (Å²) in [6.07, 6.45) is 1.23. The lowest BCUT2D eigenvalue weighted by atomic mass is 10.1. The van der Waals surface area contributed by atoms with E-state index in [1.807, 2.05) is 30.3 Å². The van der Waals surface area contributed by atoms with Gasteiger partial charge in [-0.2, -0.15) is 0 Å². The molecule has 0 unspecified atom stereocenters. The minimum Gasteiger partial charge on any atom is -0.507 e. The van der Waals surface area contributed by atoms with Crippen LogP contribution in [0.5, 0.6) is 5.75 Å². The number of ketones is 1. The average molecular weight is 434 g/mol. The van der Waals surface area contributed by atoms with Crippen LogP contribution in [0.2, 0.25) is 0 Å². The van der Waals surface area contributed by atoms with E-state index in [2.05, 4.69) is 15.9 Å². The molecule has 126 valence electrons. The quantitative estimate of drug-likeness (QED) is 0.442. The van der Waals surface area contributed by atoms with E-state index < -0.39 is 5.78 Å². The zero-order valence-corrected chi connectivity index (χ0v) is 16.0. The van der Waals surface area contributed by atoms with Crippen LogP contribution in [0, 0.1) is 0 Å². The van der Waals surface area contributed by atoms with Gasteiger partial charge >= 0.3 is 0 Å². The number of thioether (sulfide) groups is 1. The molecule has 0 aliphatic carbocycles. The number of amides is 1. The summed E-state index contributed by atoms with van der Waals surface area (Å²) in [5, 5.41) is 9.85. The molecule has 0 bridgehead atoms. The summed E-state index contributed by atoms with van der Waals surface area (Å²) in [6.45, 7) is 0.360. The molecule has 1 heterocycles. The highest BCUT2D eigenvalue weighted by molar-refractivity contribution is 9.10. The smallest absolute Gasteiger partial charge is 0.266 e. The SMILES string of the molecule is O=C(/C=C1\SC(=S)N(Cc2ccccc2)C1=O)c1cc(Br)ccc1O. The fraction of sp³-hybridized carbons (Fsp3) is 0.0556. The fourth-order valence-corrected chi connectivity index (χ4v) is 3.89. The van der Waals surface area contributed by atoms with E-state index in [-0.39, 0.29) is 22.1 Å². The molecule has 2 aromatic carbocycles. The first-order chi connectivity index (χ1) is 12.0. The van der Waals surface area contributed by atoms with Gasteiger partial charge < -0.3 is 5.11 Å². The number of aromatic hydroxyl groups is 1. The van der Waals surface area contributed by atoms with Crippen LogP contribution in [-0.2, 0) is 11.3 Å². The van der Waals surface area contributed by atoms with E-state index in [1.165, 1.54) is 23.1 Å². The van der Waals surface area contributed by atoms with Crippen LogP contribution in [0.4, 0.5) is 0 Å². The zero-order chi connectivity index (χ0) is 18.0. The number of rotatable bonds is 4. The molecule has 0 atom stereocenters. The Labute approximate surface area is 162 Å². The number of hydrogen-bond donors (Lipinski definition) is 1. The molecule has 1 aliphatic heterocycles. The summed E-state index contributed by atoms with van der Waals surface area (Å²) in [5.41, 5.74) is 1.08. The number of thiocarbonyl (C=S) groups is 1. The molecular formula is C18H12BrNO3S2. The highest BCUT2D eigenvalue weighted by atomic mass is 79.9. The van der Waals surface area contributed by atoms with Gasteiger partial charge in [0.2, 0.25) is 0 Å². The van der Waals surface area contributed by atoms with Crippen molar-refractivity contribution >= 4 is 55.9 Å². The Bertz CT molecular complexity index is 896. The van der Waals surface area contributed by atoms with Crippen molar-refractivity contribution in [3.63, 3.8) is 0 Å². The van der Waals surface area contributed by atoms with Gasteiger partial charge in [-0.15, -0.1) is 0 Å². The Morgan fingerprint density at radius 1 is 1.24 bits per heavy atom. The summed E-state index contributed by atoms with van der Waals surface area (Å²) in [7, 11) is 0. The van der Waals surface area contributed by atoms with Crippen molar-refractivity contribution < 1.29 is 14.7 Å². The average Bonchev–Trinajstić information content (AvgIpc) is 2.85. The predicted molar refractivity (Wildman–Crippen MR) is 105 cm³/mol. The highest BCUT2D eigenvalue weighted by Gasteiger charge is 2.32. The van der Waals surface area contributed by atoms with Crippen molar-refractivity contribution in [2.75, 3.05) is 0 Å². The lowest BCUT2D eigenvalue weighted by Gasteiger charge is -2.14. The molecule has 1 amide bonds. The molecular weight excluding hydrogens is 422 g/mol. The topological polar surface area (TPSA) is 57.6 Å². The maximum atomic E-state index is 12.6. The molecule has 4 nitrogen and oxygen atoms in total. The first-order valence-corrected chi connectivity index (χ1v) is 9.29. The lowest BCUT2D eigenvalue weighted by Crippen LogP contribution is -2.27. The Balaban J connectivity index is 1.82. The number of phenolic OH excluding ortho intramolecular Hbond substituents is 1. The van der Waals surface area contributed by atoms with Gasteiger partial charge in [-0.3, -0.25) is 14.5 Å². The van der Waals surface area contributed by atoms with Gasteiger partial charge in [0, 0.05) is 10.5 Å². The van der Waals surface area contributed by atoms with Crippen molar-refractivity contribution in [3.8, 4) is 5.75 Å². The summed E-state index contributed by atoms with van der Waals surface area (Å²) in [5.74, 6) is -0.884. The van der Waals surface area contributed by atoms with Crippen LogP contribution in [0.1, 0.15) is 15.9 Å². The number of hydrogen-bond acceptors (Lipinski definition) is 5. The molecule has 0 radical (unpaired) electrons. The van der Waals surface area contributed by atoms with Gasteiger partial charge in [0.15, 0.2) is 5.78 Å². The van der Waals surface area contributed by atoms with Crippen molar-refractivity contribution in [1.29, 1.82) is 0 Å². The third-order valence-corrected chi connectivity index (χ3v) is 5.41. The van der Waals surface area contributed by atoms with Gasteiger partial charge in [-0.25, -0.2) is 0 Å². The molecule has 1 saturated heterocycles. The number of phenols is 1. The molecule has 2 aromatic rings. The molecule has 3 rings (SSSR count). The van der Waals surface area contributed by atoms with Crippen LogP contribution in [0.25, 0.3) is 0 Å². The standard InChI is InChI=1S/C18H12BrNO3S2/c19-12-6-7-14(21)13(8-12)15(22)9-16-17(23)20(18(24)25-16)10-11-4-2-1-3-5-11/h1-9,21H,10H2/b16-9-. The Morgan fingerprint density at radius 2 is 1.96 bits per heavy atom. The second-order valence-corrected chi connectivity index (χ2v) is 7.87. The lowest BCUT2D eigenvalue weighted by molar-refractivity contribution is -0.122. The van der Waals surface area contributed by atoms with Crippen LogP contribution >= 0.6 is 39.9 Å². The molecule has 1 aliphatic rings. The van der Waals surface area contributed by atoms with Gasteiger partial charge in [-0.1, -0.05) is 70.2 Å². The Hall–Kier alpha value is -1.96. The molecule has 1 N–H and O–H groups in total. The molecule has 1 fully saturated rings. The van der Waals surface area contributed by atoms with Crippen LogP contribution in [-0.4, -0.2) is 26.0 Å². The van der Waals surface area contributed by atoms with Crippen molar-refractivity contribution in [2.24, 2.45) is 0 Å². The van der Waals surface area contributed by atoms with Crippen molar-refractivity contribution in [2.45, 2.75) is 6.54 Å². The van der Waals surface area contributed by atoms with Crippen LogP contribution in [0.3, 0.4) is 0 Å². The van der Waals surface area contributed by atoms with Gasteiger partial charge in [0.05, 0.1) is 17.0 Å². The third-order valence-electron chi connectivity index (χ3n) is 3.54. The highest BCUT2D eigenvalue weighted by Crippen LogP contribution is 2.33. The third kappa shape index (κ3) is 4.00. The number of carbonyl (C=O) groups is 2. The van der Waals surface area contributed by atoms with E-state index in [0.717, 1.165) is 17.3 Å². The van der Waals surface area contributed by atoms with E-state index in [9.17, 15) is 14.7 Å². The van der Waals surface area contributed by atoms with E-state index >= 15 is 0 Å². The van der Waals surface area contributed by atoms with Crippen molar-refractivity contribution in [3.05, 3.63) is 75.1 Å². The normalized spacial score (nSPS) is 15.9. The fourth-order valence-electron chi connectivity index (χ4n) is 2.30. The molecule has 25 heavy (non-hydrogen) atoms. The molecule has 0 saturated carbocycles. The van der Waals surface area contributed by atoms with E-state index in [1.54, 1.807) is 6.07 Å². The summed E-state index contributed by atoms with van der Waals surface area (Å²) in [4.78, 5) is 26.7. The van der Waals surface area contributed by atoms with Crippen molar-refractivity contribution in [1.82, 2.24) is 4.90 Å². The molecule has 0 spiro atoms. The van der Waals surface area contributed by atoms with E-state index in [0.29, 0.717) is 15.3 Å². The summed E-state index contributed by atoms with van der Waals surface area (Å²) in [6, 6.07) is 14.1. The second-order valence-electron chi connectivity index (χ2n) is 5.28. The largest absolute Gasteiger partial charge is 0.507 e. The Morgan fingerprint density at radius 3 is 2.68 bits per heavy atom. The minimum absolute atomic E-state index is 0.128. The van der Waals surface area contributed by atoms with E-state index in [4.69, 9.17) is 12.2 Å². The first kappa shape index (κ1) is 17.8. The van der Waals surface area contributed by atoms with Gasteiger partial charge in [0.1, 0.15) is 10.1 Å². The monoisotopic (exact) mass is 433 g/mol. The number of benzene rings is 2. The number of nitrogens with zero attached hydrogens (tertiary/aromatic N) is 1. The number of carbonyl (C=O) groups excluding carboxylic acids is 2. The Kier molecular flexibility index (Phi) is 5.36. The van der Waals surface area contributed by atoms with Crippen LogP contribution < -0.4 is 0 Å². The maximum absolute atomic E-state index is 12.6. The number of allylic oxidation sites excluding steroid dienone is 1. The van der Waals surface area contributed by atoms with Crippen LogP contribution in [0.15, 0.2) is 64.0 Å². The zero-order valence-electron chi connectivity index (χ0n) is 12.8. The molecule has 7 heteroatoms. The number of halogens is 1. The maximum Gasteiger partial charge on any atom is 0.266 e. The minimum atomic E-state index is -0.445. The van der Waals surface area contributed by atoms with Gasteiger partial charge in [-0.05, 0) is 23.8 Å². The second kappa shape index (κ2) is 7.51.